The molecule has 1 aliphatic carbocycles. The largest absolute Gasteiger partial charge is 0.508 e. The van der Waals surface area contributed by atoms with Gasteiger partial charge in [0.1, 0.15) is 0 Å². The molecule has 76 valence electrons. The molecule has 0 aliphatic heterocycles. The maximum atomic E-state index is 11.1. The van der Waals surface area contributed by atoms with Gasteiger partial charge < -0.3 is 0 Å². The van der Waals surface area contributed by atoms with Crippen molar-refractivity contribution in [2.24, 2.45) is 5.92 Å². The monoisotopic (exact) mass is 203 g/mol. The molecule has 0 amide bonds. The van der Waals surface area contributed by atoms with E-state index in [9.17, 15) is 9.46 Å². The molecular formula is C10H20O2P+. The summed E-state index contributed by atoms with van der Waals surface area (Å²) in [5.74, 6) is 0.530. The second-order valence-corrected chi connectivity index (χ2v) is 5.32. The quantitative estimate of drug-likeness (QED) is 0.710. The van der Waals surface area contributed by atoms with E-state index >= 15 is 0 Å². The second-order valence-electron chi connectivity index (χ2n) is 4.06. The fourth-order valence-electron chi connectivity index (χ4n) is 2.34. The molecule has 0 aromatic carbocycles. The minimum atomic E-state index is -1.94. The molecule has 2 unspecified atom stereocenters. The van der Waals surface area contributed by atoms with E-state index in [-0.39, 0.29) is 5.66 Å². The van der Waals surface area contributed by atoms with Crippen LogP contribution in [0.3, 0.4) is 0 Å². The van der Waals surface area contributed by atoms with Crippen molar-refractivity contribution >= 4 is 8.03 Å². The summed E-state index contributed by atoms with van der Waals surface area (Å²) in [6, 6.07) is 0. The third-order valence-corrected chi connectivity index (χ3v) is 4.31. The van der Waals surface area contributed by atoms with Crippen molar-refractivity contribution in [1.29, 1.82) is 0 Å². The molecular weight excluding hydrogens is 183 g/mol. The summed E-state index contributed by atoms with van der Waals surface area (Å²) in [7, 11) is -1.94. The van der Waals surface area contributed by atoms with Gasteiger partial charge in [-0.15, -0.1) is 0 Å². The van der Waals surface area contributed by atoms with E-state index in [4.69, 9.17) is 0 Å². The van der Waals surface area contributed by atoms with Gasteiger partial charge >= 0.3 is 8.03 Å². The smallest absolute Gasteiger partial charge is 0.161 e. The molecule has 1 rings (SSSR count). The van der Waals surface area contributed by atoms with Gasteiger partial charge in [0.05, 0.1) is 0 Å². The van der Waals surface area contributed by atoms with Crippen LogP contribution in [0.5, 0.6) is 0 Å². The van der Waals surface area contributed by atoms with Gasteiger partial charge in [-0.3, -0.25) is 0 Å². The van der Waals surface area contributed by atoms with Crippen LogP contribution in [0.2, 0.25) is 0 Å². The third kappa shape index (κ3) is 3.36. The highest BCUT2D eigenvalue weighted by Gasteiger charge is 2.36. The van der Waals surface area contributed by atoms with Gasteiger partial charge in [-0.25, -0.2) is 0 Å². The van der Waals surface area contributed by atoms with E-state index in [1.54, 1.807) is 0 Å². The Bertz CT molecular complexity index is 164. The molecule has 0 heterocycles. The van der Waals surface area contributed by atoms with Gasteiger partial charge in [0, 0.05) is 5.92 Å². The first-order valence-corrected chi connectivity index (χ1v) is 6.69. The van der Waals surface area contributed by atoms with Crippen molar-refractivity contribution in [3.63, 3.8) is 0 Å². The van der Waals surface area contributed by atoms with Crippen molar-refractivity contribution in [2.45, 2.75) is 57.5 Å². The lowest BCUT2D eigenvalue weighted by Gasteiger charge is -2.22. The first-order valence-electron chi connectivity index (χ1n) is 5.41. The van der Waals surface area contributed by atoms with Gasteiger partial charge in [0.2, 0.25) is 0 Å². The van der Waals surface area contributed by atoms with E-state index < -0.39 is 8.03 Å². The first kappa shape index (κ1) is 11.1. The second kappa shape index (κ2) is 5.72. The number of hydrogen-bond donors (Lipinski definition) is 1. The summed E-state index contributed by atoms with van der Waals surface area (Å²) in [5, 5.41) is 0. The van der Waals surface area contributed by atoms with Gasteiger partial charge in [-0.1, -0.05) is 32.6 Å². The van der Waals surface area contributed by atoms with E-state index in [1.807, 2.05) is 0 Å². The predicted molar refractivity (Wildman–Crippen MR) is 55.1 cm³/mol. The van der Waals surface area contributed by atoms with Gasteiger partial charge in [0.25, 0.3) is 0 Å². The Kier molecular flexibility index (Phi) is 4.90. The topological polar surface area (TPSA) is 37.3 Å². The van der Waals surface area contributed by atoms with E-state index in [0.29, 0.717) is 5.92 Å². The van der Waals surface area contributed by atoms with E-state index in [0.717, 1.165) is 12.8 Å². The van der Waals surface area contributed by atoms with Crippen molar-refractivity contribution in [3.05, 3.63) is 0 Å². The normalized spacial score (nSPS) is 22.8. The van der Waals surface area contributed by atoms with Crippen LogP contribution >= 0.6 is 8.03 Å². The van der Waals surface area contributed by atoms with E-state index in [1.165, 1.54) is 32.1 Å². The van der Waals surface area contributed by atoms with Crippen LogP contribution in [-0.2, 0) is 4.57 Å². The molecule has 1 saturated carbocycles. The molecule has 0 aromatic heterocycles. The minimum absolute atomic E-state index is 0.0836. The summed E-state index contributed by atoms with van der Waals surface area (Å²) in [5.41, 5.74) is 0.0836. The van der Waals surface area contributed by atoms with Crippen LogP contribution in [-0.4, -0.2) is 10.6 Å². The molecule has 0 bridgehead atoms. The van der Waals surface area contributed by atoms with Crippen LogP contribution in [0.4, 0.5) is 0 Å². The van der Waals surface area contributed by atoms with Crippen LogP contribution in [0.1, 0.15) is 51.9 Å². The average molecular weight is 203 g/mol. The Morgan fingerprint density at radius 1 is 1.38 bits per heavy atom. The minimum Gasteiger partial charge on any atom is -0.161 e. The van der Waals surface area contributed by atoms with Gasteiger partial charge in [-0.2, -0.15) is 4.89 Å². The average Bonchev–Trinajstić information content (AvgIpc) is 2.15. The Hall–Kier alpha value is 0.0600. The molecule has 0 aromatic rings. The van der Waals surface area contributed by atoms with Crippen LogP contribution in [0, 0.1) is 5.92 Å². The molecule has 0 saturated heterocycles. The van der Waals surface area contributed by atoms with Crippen molar-refractivity contribution in [1.82, 2.24) is 0 Å². The molecule has 1 fully saturated rings. The third-order valence-electron chi connectivity index (χ3n) is 3.06. The number of hydrogen-bond acceptors (Lipinski definition) is 1. The van der Waals surface area contributed by atoms with Crippen molar-refractivity contribution in [3.8, 4) is 0 Å². The maximum Gasteiger partial charge on any atom is 0.508 e. The van der Waals surface area contributed by atoms with Gasteiger partial charge in [-0.05, 0) is 23.8 Å². The fourth-order valence-corrected chi connectivity index (χ4v) is 3.48. The number of rotatable bonds is 4. The molecule has 1 aliphatic rings. The highest BCUT2D eigenvalue weighted by molar-refractivity contribution is 7.38. The highest BCUT2D eigenvalue weighted by atomic mass is 31.1. The van der Waals surface area contributed by atoms with Crippen molar-refractivity contribution in [2.75, 3.05) is 0 Å². The Morgan fingerprint density at radius 3 is 2.46 bits per heavy atom. The SMILES string of the molecule is CCCC(C1CCCCC1)[P+](=O)O. The fraction of sp³-hybridized carbons (Fsp3) is 1.00. The summed E-state index contributed by atoms with van der Waals surface area (Å²) in [6.07, 6.45) is 8.14. The summed E-state index contributed by atoms with van der Waals surface area (Å²) < 4.78 is 11.1. The zero-order valence-corrected chi connectivity index (χ0v) is 9.30. The highest BCUT2D eigenvalue weighted by Crippen LogP contribution is 2.39. The lowest BCUT2D eigenvalue weighted by molar-refractivity contribution is 0.322. The first-order chi connectivity index (χ1) is 6.25. The van der Waals surface area contributed by atoms with Crippen molar-refractivity contribution < 1.29 is 9.46 Å². The molecule has 13 heavy (non-hydrogen) atoms. The predicted octanol–water partition coefficient (Wildman–Crippen LogP) is 3.47. The van der Waals surface area contributed by atoms with Crippen LogP contribution in [0.25, 0.3) is 0 Å². The lowest BCUT2D eigenvalue weighted by Crippen LogP contribution is -2.19. The van der Waals surface area contributed by atoms with Gasteiger partial charge in [0.15, 0.2) is 5.66 Å². The maximum absolute atomic E-state index is 11.1. The standard InChI is InChI=1S/C10H19O2P/c1-2-6-10(13(11)12)9-7-4-3-5-8-9/h9-10H,2-8H2,1H3/p+1. The zero-order valence-electron chi connectivity index (χ0n) is 8.41. The Morgan fingerprint density at radius 2 is 2.00 bits per heavy atom. The zero-order chi connectivity index (χ0) is 9.68. The lowest BCUT2D eigenvalue weighted by atomic mass is 9.85. The molecule has 2 nitrogen and oxygen atoms in total. The summed E-state index contributed by atoms with van der Waals surface area (Å²) in [6.45, 7) is 2.09. The Labute approximate surface area is 81.6 Å². The summed E-state index contributed by atoms with van der Waals surface area (Å²) in [4.78, 5) is 9.20. The van der Waals surface area contributed by atoms with Crippen LogP contribution in [0.15, 0.2) is 0 Å². The molecule has 1 N–H and O–H groups in total. The van der Waals surface area contributed by atoms with E-state index in [2.05, 4.69) is 6.92 Å². The molecule has 0 radical (unpaired) electrons. The molecule has 2 atom stereocenters. The molecule has 0 spiro atoms. The summed E-state index contributed by atoms with van der Waals surface area (Å²) >= 11 is 0. The Balaban J connectivity index is 2.46. The molecule has 3 heteroatoms. The van der Waals surface area contributed by atoms with Crippen LogP contribution < -0.4 is 0 Å².